The van der Waals surface area contributed by atoms with Crippen molar-refractivity contribution in [1.82, 2.24) is 10.3 Å². The van der Waals surface area contributed by atoms with Crippen molar-refractivity contribution in [2.75, 3.05) is 12.4 Å². The number of nitrogens with one attached hydrogen (secondary N) is 2. The molecule has 1 aromatic heterocycles. The topological polar surface area (TPSA) is 76.4 Å². The number of oxazole rings is 1. The van der Waals surface area contributed by atoms with Gasteiger partial charge in [0, 0.05) is 15.7 Å². The van der Waals surface area contributed by atoms with Crippen LogP contribution in [0.15, 0.2) is 81.7 Å². The first-order valence-corrected chi connectivity index (χ1v) is 12.0. The van der Waals surface area contributed by atoms with E-state index < -0.39 is 0 Å². The van der Waals surface area contributed by atoms with Crippen LogP contribution in [0.1, 0.15) is 15.9 Å². The van der Waals surface area contributed by atoms with Gasteiger partial charge in [-0.3, -0.25) is 10.1 Å². The highest BCUT2D eigenvalue weighted by molar-refractivity contribution is 9.10. The summed E-state index contributed by atoms with van der Waals surface area (Å²) in [7, 11) is 1.53. The van der Waals surface area contributed by atoms with Crippen LogP contribution in [0.5, 0.6) is 5.75 Å². The first-order chi connectivity index (χ1) is 16.9. The first-order valence-electron chi connectivity index (χ1n) is 10.8. The standard InChI is InChI=1S/C27H20BrN3O3S/c1-15-11-19(28)13-21(24(15)33-2)25(32)31-27(35)29-20-9-10-23-22(14-20)30-26(34-23)18-8-7-16-5-3-4-6-17(16)12-18/h3-14H,1-2H3,(H2,29,31,32,35). The van der Waals surface area contributed by atoms with Gasteiger partial charge in [-0.2, -0.15) is 0 Å². The number of aromatic nitrogens is 1. The van der Waals surface area contributed by atoms with E-state index >= 15 is 0 Å². The Balaban J connectivity index is 1.34. The fourth-order valence-electron chi connectivity index (χ4n) is 3.95. The van der Waals surface area contributed by atoms with Gasteiger partial charge in [0.2, 0.25) is 5.89 Å². The largest absolute Gasteiger partial charge is 0.496 e. The first kappa shape index (κ1) is 23.0. The van der Waals surface area contributed by atoms with Gasteiger partial charge in [0.15, 0.2) is 10.7 Å². The van der Waals surface area contributed by atoms with E-state index in [9.17, 15) is 4.79 Å². The van der Waals surface area contributed by atoms with Crippen molar-refractivity contribution in [1.29, 1.82) is 0 Å². The van der Waals surface area contributed by atoms with Crippen molar-refractivity contribution in [3.8, 4) is 17.2 Å². The van der Waals surface area contributed by atoms with Crippen LogP contribution >= 0.6 is 28.1 Å². The molecule has 8 heteroatoms. The van der Waals surface area contributed by atoms with Gasteiger partial charge in [0.25, 0.3) is 5.91 Å². The third kappa shape index (κ3) is 4.76. The minimum Gasteiger partial charge on any atom is -0.496 e. The predicted molar refractivity (Wildman–Crippen MR) is 146 cm³/mol. The third-order valence-electron chi connectivity index (χ3n) is 5.56. The molecule has 0 radical (unpaired) electrons. The molecule has 0 unspecified atom stereocenters. The second-order valence-corrected chi connectivity index (χ2v) is 9.30. The lowest BCUT2D eigenvalue weighted by molar-refractivity contribution is 0.0974. The second-order valence-electron chi connectivity index (χ2n) is 7.98. The van der Waals surface area contributed by atoms with Gasteiger partial charge in [-0.25, -0.2) is 4.98 Å². The number of fused-ring (bicyclic) bond motifs is 2. The summed E-state index contributed by atoms with van der Waals surface area (Å²) in [6.07, 6.45) is 0. The minimum absolute atomic E-state index is 0.160. The van der Waals surface area contributed by atoms with E-state index in [-0.39, 0.29) is 11.0 Å². The number of carbonyl (C=O) groups excluding carboxylic acids is 1. The number of hydrogen-bond acceptors (Lipinski definition) is 5. The van der Waals surface area contributed by atoms with Crippen LogP contribution in [0.4, 0.5) is 5.69 Å². The number of nitrogens with zero attached hydrogens (tertiary/aromatic N) is 1. The molecule has 2 N–H and O–H groups in total. The maximum Gasteiger partial charge on any atom is 0.261 e. The second kappa shape index (κ2) is 9.48. The molecule has 0 saturated heterocycles. The van der Waals surface area contributed by atoms with Crippen LogP contribution < -0.4 is 15.4 Å². The lowest BCUT2D eigenvalue weighted by Gasteiger charge is -2.13. The smallest absolute Gasteiger partial charge is 0.261 e. The monoisotopic (exact) mass is 545 g/mol. The van der Waals surface area contributed by atoms with Crippen LogP contribution in [-0.4, -0.2) is 23.1 Å². The molecular weight excluding hydrogens is 526 g/mol. The van der Waals surface area contributed by atoms with Crippen molar-refractivity contribution in [3.63, 3.8) is 0 Å². The van der Waals surface area contributed by atoms with Gasteiger partial charge < -0.3 is 14.5 Å². The Morgan fingerprint density at radius 2 is 1.83 bits per heavy atom. The van der Waals surface area contributed by atoms with Crippen molar-refractivity contribution in [2.24, 2.45) is 0 Å². The lowest BCUT2D eigenvalue weighted by Crippen LogP contribution is -2.34. The number of methoxy groups -OCH3 is 1. The van der Waals surface area contributed by atoms with Crippen LogP contribution in [0.3, 0.4) is 0 Å². The molecule has 0 atom stereocenters. The molecule has 0 aliphatic carbocycles. The average molecular weight is 546 g/mol. The fourth-order valence-corrected chi connectivity index (χ4v) is 4.74. The molecule has 5 rings (SSSR count). The number of hydrogen-bond donors (Lipinski definition) is 2. The average Bonchev–Trinajstić information content (AvgIpc) is 3.26. The van der Waals surface area contributed by atoms with E-state index in [1.807, 2.05) is 49.4 Å². The van der Waals surface area contributed by atoms with Crippen molar-refractivity contribution in [3.05, 3.63) is 88.4 Å². The van der Waals surface area contributed by atoms with Gasteiger partial charge in [-0.05, 0) is 77.9 Å². The highest BCUT2D eigenvalue weighted by Crippen LogP contribution is 2.29. The van der Waals surface area contributed by atoms with Crippen LogP contribution in [0.2, 0.25) is 0 Å². The Kier molecular flexibility index (Phi) is 6.23. The van der Waals surface area contributed by atoms with Crippen LogP contribution in [0.25, 0.3) is 33.3 Å². The number of carbonyl (C=O) groups is 1. The number of aryl methyl sites for hydroxylation is 1. The van der Waals surface area contributed by atoms with Gasteiger partial charge in [0.1, 0.15) is 11.3 Å². The van der Waals surface area contributed by atoms with Gasteiger partial charge in [-0.15, -0.1) is 0 Å². The highest BCUT2D eigenvalue weighted by Gasteiger charge is 2.17. The minimum atomic E-state index is -0.371. The van der Waals surface area contributed by atoms with Crippen LogP contribution in [0, 0.1) is 6.92 Å². The molecule has 0 bridgehead atoms. The van der Waals surface area contributed by atoms with Crippen molar-refractivity contribution < 1.29 is 13.9 Å². The molecule has 1 amide bonds. The molecule has 0 spiro atoms. The molecule has 0 saturated carbocycles. The summed E-state index contributed by atoms with van der Waals surface area (Å²) in [4.78, 5) is 17.5. The van der Waals surface area contributed by atoms with Crippen molar-refractivity contribution >= 4 is 66.7 Å². The van der Waals surface area contributed by atoms with E-state index in [0.717, 1.165) is 26.4 Å². The number of rotatable bonds is 4. The molecule has 0 fully saturated rings. The Morgan fingerprint density at radius 1 is 1.03 bits per heavy atom. The molecule has 5 aromatic rings. The van der Waals surface area contributed by atoms with Gasteiger partial charge in [0.05, 0.1) is 12.7 Å². The zero-order chi connectivity index (χ0) is 24.5. The number of halogens is 1. The van der Waals surface area contributed by atoms with E-state index in [2.05, 4.69) is 55.8 Å². The Morgan fingerprint density at radius 3 is 2.63 bits per heavy atom. The predicted octanol–water partition coefficient (Wildman–Crippen LogP) is 6.85. The Bertz CT molecular complexity index is 1610. The lowest BCUT2D eigenvalue weighted by atomic mass is 10.1. The molecule has 0 aliphatic heterocycles. The maximum atomic E-state index is 12.8. The van der Waals surface area contributed by atoms with E-state index in [4.69, 9.17) is 21.4 Å². The zero-order valence-corrected chi connectivity index (χ0v) is 21.3. The molecular formula is C27H20BrN3O3S. The summed E-state index contributed by atoms with van der Waals surface area (Å²) >= 11 is 8.79. The summed E-state index contributed by atoms with van der Waals surface area (Å²) in [5.41, 5.74) is 4.13. The van der Waals surface area contributed by atoms with Crippen molar-refractivity contribution in [2.45, 2.75) is 6.92 Å². The zero-order valence-electron chi connectivity index (χ0n) is 18.9. The van der Waals surface area contributed by atoms with Crippen LogP contribution in [-0.2, 0) is 0 Å². The quantitative estimate of drug-likeness (QED) is 0.240. The molecule has 1 heterocycles. The number of amides is 1. The number of anilines is 1. The summed E-state index contributed by atoms with van der Waals surface area (Å²) in [6.45, 7) is 1.87. The SMILES string of the molecule is COc1c(C)cc(Br)cc1C(=O)NC(=S)Nc1ccc2oc(-c3ccc4ccccc4c3)nc2c1. The Hall–Kier alpha value is -3.75. The van der Waals surface area contributed by atoms with E-state index in [1.165, 1.54) is 7.11 Å². The highest BCUT2D eigenvalue weighted by atomic mass is 79.9. The van der Waals surface area contributed by atoms with Gasteiger partial charge >= 0.3 is 0 Å². The van der Waals surface area contributed by atoms with E-state index in [0.29, 0.717) is 34.0 Å². The number of benzene rings is 4. The molecule has 4 aromatic carbocycles. The van der Waals surface area contributed by atoms with E-state index in [1.54, 1.807) is 6.07 Å². The number of ether oxygens (including phenoxy) is 1. The molecule has 0 aliphatic rings. The fraction of sp³-hybridized carbons (Fsp3) is 0.0741. The Labute approximate surface area is 215 Å². The molecule has 174 valence electrons. The summed E-state index contributed by atoms with van der Waals surface area (Å²) in [5, 5.41) is 8.18. The maximum absolute atomic E-state index is 12.8. The normalized spacial score (nSPS) is 10.9. The third-order valence-corrected chi connectivity index (χ3v) is 6.22. The van der Waals surface area contributed by atoms with Gasteiger partial charge in [-0.1, -0.05) is 46.3 Å². The summed E-state index contributed by atoms with van der Waals surface area (Å²) < 4.78 is 12.1. The molecule has 35 heavy (non-hydrogen) atoms. The number of thiocarbonyl (C=S) groups is 1. The summed E-state index contributed by atoms with van der Waals surface area (Å²) in [6, 6.07) is 23.3. The summed E-state index contributed by atoms with van der Waals surface area (Å²) in [5.74, 6) is 0.666. The molecule has 6 nitrogen and oxygen atoms in total.